The smallest absolute Gasteiger partial charge is 0.259 e. The average molecular weight is 354 g/mol. The van der Waals surface area contributed by atoms with Gasteiger partial charge in [0, 0.05) is 24.7 Å². The van der Waals surface area contributed by atoms with Crippen molar-refractivity contribution in [1.82, 2.24) is 8.61 Å². The lowest BCUT2D eigenvalue weighted by Gasteiger charge is -2.23. The van der Waals surface area contributed by atoms with E-state index in [0.717, 1.165) is 13.8 Å². The highest BCUT2D eigenvalue weighted by Gasteiger charge is 2.26. The van der Waals surface area contributed by atoms with Crippen LogP contribution >= 0.6 is 0 Å². The first-order valence-corrected chi connectivity index (χ1v) is 9.31. The van der Waals surface area contributed by atoms with Crippen molar-refractivity contribution in [2.75, 3.05) is 13.1 Å². The molecule has 0 unspecified atom stereocenters. The number of nitrogens with zero attached hydrogens (tertiary/aromatic N) is 2. The van der Waals surface area contributed by atoms with Crippen molar-refractivity contribution in [3.8, 4) is 0 Å². The zero-order valence-corrected chi connectivity index (χ0v) is 14.8. The second-order valence-electron chi connectivity index (χ2n) is 3.61. The van der Waals surface area contributed by atoms with Gasteiger partial charge in [0.2, 0.25) is 11.8 Å². The van der Waals surface area contributed by atoms with Crippen LogP contribution in [0.5, 0.6) is 0 Å². The van der Waals surface area contributed by atoms with Crippen LogP contribution in [0.25, 0.3) is 0 Å². The van der Waals surface area contributed by atoms with E-state index < -0.39 is 45.0 Å². The Morgan fingerprint density at radius 2 is 1.05 bits per heavy atom. The molecule has 128 valence electrons. The number of rotatable bonds is 7. The van der Waals surface area contributed by atoms with Crippen molar-refractivity contribution in [3.63, 3.8) is 0 Å². The minimum Gasteiger partial charge on any atom is -0.274 e. The summed E-state index contributed by atoms with van der Waals surface area (Å²) in [6.45, 7) is 11.1. The fourth-order valence-corrected chi connectivity index (χ4v) is 3.04. The van der Waals surface area contributed by atoms with E-state index in [1.807, 2.05) is 13.8 Å². The lowest BCUT2D eigenvalue weighted by atomic mass is 10.5. The number of hydrogen-bond acceptors (Lipinski definition) is 6. The van der Waals surface area contributed by atoms with E-state index in [0.29, 0.717) is 19.4 Å². The van der Waals surface area contributed by atoms with Crippen LogP contribution in [0.2, 0.25) is 0 Å². The quantitative estimate of drug-likeness (QED) is 0.664. The monoisotopic (exact) mass is 354 g/mol. The third-order valence-corrected chi connectivity index (χ3v) is 5.19. The molecule has 0 aromatic heterocycles. The minimum atomic E-state index is -4.04. The van der Waals surface area contributed by atoms with Crippen LogP contribution < -0.4 is 0 Å². The van der Waals surface area contributed by atoms with Crippen molar-refractivity contribution in [1.29, 1.82) is 0 Å². The summed E-state index contributed by atoms with van der Waals surface area (Å²) in [6.07, 6.45) is 0. The summed E-state index contributed by atoms with van der Waals surface area (Å²) in [6, 6.07) is 0. The predicted molar refractivity (Wildman–Crippen MR) is 84.4 cm³/mol. The van der Waals surface area contributed by atoms with E-state index in [1.165, 1.54) is 0 Å². The largest absolute Gasteiger partial charge is 0.274 e. The van der Waals surface area contributed by atoms with Crippen molar-refractivity contribution in [2.24, 2.45) is 0 Å². The van der Waals surface area contributed by atoms with Crippen molar-refractivity contribution >= 4 is 31.9 Å². The van der Waals surface area contributed by atoms with Gasteiger partial charge >= 0.3 is 0 Å². The Hall–Kier alpha value is -1.68. The Kier molecular flexibility index (Phi) is 9.62. The standard InChI is InChI=1S/C10H16N2O6S2.C2H6/c1-5-19(15,16)11(9(3)13)7-8-12(10(4)14)20(17,18)6-2;1-2/h5-6H,1-2,7-8H2,3-4H3;1-2H3. The molecule has 0 aromatic carbocycles. The molecule has 0 rings (SSSR count). The van der Waals surface area contributed by atoms with Gasteiger partial charge in [0.1, 0.15) is 0 Å². The highest BCUT2D eigenvalue weighted by Crippen LogP contribution is 2.07. The molecule has 0 aliphatic carbocycles. The summed E-state index contributed by atoms with van der Waals surface area (Å²) >= 11 is 0. The van der Waals surface area contributed by atoms with Crippen molar-refractivity contribution in [3.05, 3.63) is 24.0 Å². The SMILES string of the molecule is C=CS(=O)(=O)N(CCN(C(C)=O)S(=O)(=O)C=C)C(C)=O.CC. The molecule has 22 heavy (non-hydrogen) atoms. The van der Waals surface area contributed by atoms with Gasteiger partial charge in [0.25, 0.3) is 20.0 Å². The van der Waals surface area contributed by atoms with Gasteiger partial charge in [-0.1, -0.05) is 27.0 Å². The second-order valence-corrected chi connectivity index (χ2v) is 7.21. The van der Waals surface area contributed by atoms with Gasteiger partial charge in [-0.15, -0.1) is 0 Å². The van der Waals surface area contributed by atoms with Crippen LogP contribution in [-0.2, 0) is 29.6 Å². The molecular weight excluding hydrogens is 332 g/mol. The topological polar surface area (TPSA) is 109 Å². The predicted octanol–water partition coefficient (Wildman–Crippen LogP) is 0.656. The third-order valence-electron chi connectivity index (χ3n) is 2.24. The summed E-state index contributed by atoms with van der Waals surface area (Å²) in [5, 5.41) is 1.13. The van der Waals surface area contributed by atoms with Crippen molar-refractivity contribution in [2.45, 2.75) is 27.7 Å². The van der Waals surface area contributed by atoms with Crippen LogP contribution in [0.3, 0.4) is 0 Å². The van der Waals surface area contributed by atoms with E-state index in [-0.39, 0.29) is 0 Å². The summed E-state index contributed by atoms with van der Waals surface area (Å²) in [5.41, 5.74) is 0. The van der Waals surface area contributed by atoms with E-state index >= 15 is 0 Å². The van der Waals surface area contributed by atoms with Crippen LogP contribution in [0.1, 0.15) is 27.7 Å². The fourth-order valence-electron chi connectivity index (χ4n) is 1.29. The molecule has 0 aliphatic rings. The Labute approximate surface area is 132 Å². The molecule has 0 spiro atoms. The molecule has 8 nitrogen and oxygen atoms in total. The van der Waals surface area contributed by atoms with Crippen LogP contribution in [-0.4, -0.2) is 50.3 Å². The normalized spacial score (nSPS) is 10.7. The first-order valence-electron chi connectivity index (χ1n) is 6.31. The van der Waals surface area contributed by atoms with E-state index in [9.17, 15) is 26.4 Å². The molecule has 0 fully saturated rings. The van der Waals surface area contributed by atoms with Gasteiger partial charge in [-0.05, 0) is 0 Å². The zero-order chi connectivity index (χ0) is 18.1. The first-order chi connectivity index (χ1) is 9.99. The van der Waals surface area contributed by atoms with E-state index in [2.05, 4.69) is 13.2 Å². The van der Waals surface area contributed by atoms with Gasteiger partial charge in [0.15, 0.2) is 0 Å². The lowest BCUT2D eigenvalue weighted by molar-refractivity contribution is -0.127. The molecule has 0 aliphatic heterocycles. The number of hydrogen-bond donors (Lipinski definition) is 0. The number of sulfonamides is 2. The zero-order valence-electron chi connectivity index (χ0n) is 13.1. The number of carbonyl (C=O) groups excluding carboxylic acids is 2. The van der Waals surface area contributed by atoms with Gasteiger partial charge in [-0.3, -0.25) is 9.59 Å². The fraction of sp³-hybridized carbons (Fsp3) is 0.500. The van der Waals surface area contributed by atoms with E-state index in [4.69, 9.17) is 0 Å². The highest BCUT2D eigenvalue weighted by molar-refractivity contribution is 7.92. The maximum absolute atomic E-state index is 11.6. The van der Waals surface area contributed by atoms with Gasteiger partial charge in [0.05, 0.1) is 13.1 Å². The van der Waals surface area contributed by atoms with E-state index in [1.54, 1.807) is 0 Å². The summed E-state index contributed by atoms with van der Waals surface area (Å²) in [4.78, 5) is 22.6. The van der Waals surface area contributed by atoms with Gasteiger partial charge in [-0.25, -0.2) is 25.4 Å². The molecule has 10 heteroatoms. The maximum Gasteiger partial charge on any atom is 0.259 e. The van der Waals surface area contributed by atoms with Crippen LogP contribution in [0, 0.1) is 0 Å². The molecule has 0 saturated heterocycles. The summed E-state index contributed by atoms with van der Waals surface area (Å²) < 4.78 is 47.1. The van der Waals surface area contributed by atoms with Gasteiger partial charge < -0.3 is 0 Å². The number of amides is 2. The summed E-state index contributed by atoms with van der Waals surface area (Å²) in [5.74, 6) is -1.63. The molecule has 0 atom stereocenters. The Balaban J connectivity index is 0. The minimum absolute atomic E-state index is 0.425. The lowest BCUT2D eigenvalue weighted by Crippen LogP contribution is -2.43. The molecule has 0 N–H and O–H groups in total. The van der Waals surface area contributed by atoms with Gasteiger partial charge in [-0.2, -0.15) is 0 Å². The first kappa shape index (κ1) is 22.6. The van der Waals surface area contributed by atoms with Crippen LogP contribution in [0.15, 0.2) is 24.0 Å². The second kappa shape index (κ2) is 9.36. The molecule has 0 saturated carbocycles. The maximum atomic E-state index is 11.6. The molecule has 0 aromatic rings. The molecule has 2 amide bonds. The molecule has 0 heterocycles. The Morgan fingerprint density at radius 3 is 1.18 bits per heavy atom. The van der Waals surface area contributed by atoms with Crippen molar-refractivity contribution < 1.29 is 26.4 Å². The highest BCUT2D eigenvalue weighted by atomic mass is 32.2. The summed E-state index contributed by atoms with van der Waals surface area (Å²) in [7, 11) is -8.09. The Bertz CT molecular complexity index is 566. The Morgan fingerprint density at radius 1 is 0.818 bits per heavy atom. The molecule has 0 radical (unpaired) electrons. The molecular formula is C12H22N2O6S2. The van der Waals surface area contributed by atoms with Crippen LogP contribution in [0.4, 0.5) is 0 Å². The number of carbonyl (C=O) groups is 2. The average Bonchev–Trinajstić information content (AvgIpc) is 2.44. The molecule has 0 bridgehead atoms. The third kappa shape index (κ3) is 6.39.